The maximum atomic E-state index is 11.7. The van der Waals surface area contributed by atoms with Gasteiger partial charge in [0.2, 0.25) is 0 Å². The summed E-state index contributed by atoms with van der Waals surface area (Å²) in [5, 5.41) is 10.5. The number of rotatable bonds is 3. The SMILES string of the molecule is [2H]c1c([2H])c([2H])c(C(=O)NCC(=O)O)c(I)c1[2H]. The summed E-state index contributed by atoms with van der Waals surface area (Å²) in [5.41, 5.74) is -0.247. The summed E-state index contributed by atoms with van der Waals surface area (Å²) in [6.45, 7) is -0.613. The molecule has 74 valence electrons. The lowest BCUT2D eigenvalue weighted by molar-refractivity contribution is -0.135. The lowest BCUT2D eigenvalue weighted by Gasteiger charge is -2.03. The summed E-state index contributed by atoms with van der Waals surface area (Å²) in [6.07, 6.45) is 0. The Balaban J connectivity index is 3.24. The van der Waals surface area contributed by atoms with E-state index in [1.54, 1.807) is 22.6 Å². The lowest BCUT2D eigenvalue weighted by Crippen LogP contribution is -2.29. The molecule has 0 saturated carbocycles. The second kappa shape index (κ2) is 4.94. The molecule has 0 atom stereocenters. The largest absolute Gasteiger partial charge is 0.480 e. The molecule has 1 amide bonds. The highest BCUT2D eigenvalue weighted by atomic mass is 127. The third-order valence-corrected chi connectivity index (χ3v) is 2.08. The zero-order valence-corrected chi connectivity index (χ0v) is 9.01. The molecule has 1 rings (SSSR count). The fraction of sp³-hybridized carbons (Fsp3) is 0.111. The van der Waals surface area contributed by atoms with Crippen molar-refractivity contribution in [2.24, 2.45) is 0 Å². The number of benzene rings is 1. The molecule has 1 aromatic carbocycles. The predicted molar refractivity (Wildman–Crippen MR) is 59.1 cm³/mol. The van der Waals surface area contributed by atoms with E-state index >= 15 is 0 Å². The molecule has 0 heterocycles. The first-order chi connectivity index (χ1) is 8.27. The predicted octanol–water partition coefficient (Wildman–Crippen LogP) is 1.11. The van der Waals surface area contributed by atoms with Crippen LogP contribution >= 0.6 is 22.6 Å². The van der Waals surface area contributed by atoms with E-state index in [0.29, 0.717) is 0 Å². The molecule has 14 heavy (non-hydrogen) atoms. The highest BCUT2D eigenvalue weighted by Gasteiger charge is 2.09. The van der Waals surface area contributed by atoms with Crippen LogP contribution in [0.1, 0.15) is 15.8 Å². The molecule has 5 heteroatoms. The van der Waals surface area contributed by atoms with Crippen LogP contribution in [0.25, 0.3) is 0 Å². The average molecular weight is 309 g/mol. The number of nitrogens with one attached hydrogen (secondary N) is 1. The van der Waals surface area contributed by atoms with Gasteiger partial charge in [-0.15, -0.1) is 0 Å². The zero-order valence-electron chi connectivity index (χ0n) is 10.8. The molecular weight excluding hydrogens is 297 g/mol. The summed E-state index contributed by atoms with van der Waals surface area (Å²) in [4.78, 5) is 22.0. The van der Waals surface area contributed by atoms with E-state index in [0.717, 1.165) is 0 Å². The van der Waals surface area contributed by atoms with Gasteiger partial charge in [-0.1, -0.05) is 12.1 Å². The first-order valence-electron chi connectivity index (χ1n) is 5.53. The molecular formula is C9H8INO3. The summed E-state index contributed by atoms with van der Waals surface area (Å²) < 4.78 is 30.0. The van der Waals surface area contributed by atoms with Crippen molar-refractivity contribution in [1.82, 2.24) is 5.32 Å². The van der Waals surface area contributed by atoms with Gasteiger partial charge in [0.05, 0.1) is 11.0 Å². The molecule has 0 aliphatic carbocycles. The van der Waals surface area contributed by atoms with Gasteiger partial charge < -0.3 is 10.4 Å². The van der Waals surface area contributed by atoms with Crippen molar-refractivity contribution in [3.63, 3.8) is 0 Å². The van der Waals surface area contributed by atoms with Gasteiger partial charge in [-0.2, -0.15) is 0 Å². The van der Waals surface area contributed by atoms with Gasteiger partial charge in [0, 0.05) is 3.57 Å². The number of carbonyl (C=O) groups is 2. The minimum absolute atomic E-state index is 0.0569. The Hall–Kier alpha value is -1.11. The Morgan fingerprint density at radius 2 is 2.14 bits per heavy atom. The molecule has 0 aliphatic rings. The first-order valence-corrected chi connectivity index (χ1v) is 4.61. The quantitative estimate of drug-likeness (QED) is 0.822. The molecule has 0 aromatic heterocycles. The van der Waals surface area contributed by atoms with Crippen LogP contribution in [-0.2, 0) is 4.79 Å². The Bertz CT molecular complexity index is 506. The standard InChI is InChI=1S/C9H8INO3/c10-7-4-2-1-3-6(7)9(14)11-5-8(12)13/h1-4H,5H2,(H,11,14)(H,12,13)/i1D,2D,3D,4D. The molecule has 0 radical (unpaired) electrons. The Morgan fingerprint density at radius 1 is 1.50 bits per heavy atom. The van der Waals surface area contributed by atoms with Gasteiger partial charge in [-0.3, -0.25) is 9.59 Å². The average Bonchev–Trinajstić information content (AvgIpc) is 2.31. The summed E-state index contributed by atoms with van der Waals surface area (Å²) in [7, 11) is 0. The van der Waals surface area contributed by atoms with Crippen molar-refractivity contribution in [3.8, 4) is 0 Å². The number of aliphatic carboxylic acids is 1. The third-order valence-electron chi connectivity index (χ3n) is 1.27. The molecule has 1 aromatic rings. The van der Waals surface area contributed by atoms with E-state index in [4.69, 9.17) is 10.6 Å². The minimum Gasteiger partial charge on any atom is -0.480 e. The van der Waals surface area contributed by atoms with Crippen molar-refractivity contribution in [1.29, 1.82) is 0 Å². The number of hydrogen-bond donors (Lipinski definition) is 2. The number of carboxylic acids is 1. The molecule has 0 aliphatic heterocycles. The highest BCUT2D eigenvalue weighted by molar-refractivity contribution is 14.1. The van der Waals surface area contributed by atoms with Gasteiger partial charge in [0.25, 0.3) is 5.91 Å². The first kappa shape index (κ1) is 6.39. The van der Waals surface area contributed by atoms with Crippen LogP contribution in [0.5, 0.6) is 0 Å². The van der Waals surface area contributed by atoms with Crippen molar-refractivity contribution in [3.05, 3.63) is 33.3 Å². The van der Waals surface area contributed by atoms with Crippen molar-refractivity contribution < 1.29 is 20.2 Å². The maximum absolute atomic E-state index is 11.7. The number of carbonyl (C=O) groups excluding carboxylic acids is 1. The van der Waals surface area contributed by atoms with E-state index in [1.165, 1.54) is 0 Å². The van der Waals surface area contributed by atoms with Crippen LogP contribution in [0, 0.1) is 3.57 Å². The van der Waals surface area contributed by atoms with Gasteiger partial charge in [0.15, 0.2) is 0 Å². The highest BCUT2D eigenvalue weighted by Crippen LogP contribution is 2.10. The van der Waals surface area contributed by atoms with E-state index in [-0.39, 0.29) is 15.2 Å². The van der Waals surface area contributed by atoms with Crippen LogP contribution in [0.15, 0.2) is 24.2 Å². The normalized spacial score (nSPS) is 13.5. The fourth-order valence-electron chi connectivity index (χ4n) is 0.698. The zero-order chi connectivity index (χ0) is 14.0. The summed E-state index contributed by atoms with van der Waals surface area (Å²) >= 11 is 1.63. The Kier molecular flexibility index (Phi) is 2.26. The van der Waals surface area contributed by atoms with E-state index in [1.807, 2.05) is 0 Å². The molecule has 0 bridgehead atoms. The Labute approximate surface area is 100 Å². The second-order valence-corrected chi connectivity index (χ2v) is 3.34. The van der Waals surface area contributed by atoms with Gasteiger partial charge in [-0.25, -0.2) is 0 Å². The van der Waals surface area contributed by atoms with Gasteiger partial charge in [-0.05, 0) is 34.7 Å². The Morgan fingerprint density at radius 3 is 2.79 bits per heavy atom. The number of halogens is 1. The molecule has 2 N–H and O–H groups in total. The van der Waals surface area contributed by atoms with Crippen molar-refractivity contribution in [2.45, 2.75) is 0 Å². The summed E-state index contributed by atoms with van der Waals surface area (Å²) in [6, 6.07) is -1.76. The van der Waals surface area contributed by atoms with E-state index in [2.05, 4.69) is 5.32 Å². The topological polar surface area (TPSA) is 66.4 Å². The van der Waals surface area contributed by atoms with Gasteiger partial charge >= 0.3 is 5.97 Å². The van der Waals surface area contributed by atoms with E-state index < -0.39 is 36.5 Å². The third kappa shape index (κ3) is 2.99. The van der Waals surface area contributed by atoms with E-state index in [9.17, 15) is 9.59 Å². The van der Waals surface area contributed by atoms with Gasteiger partial charge in [0.1, 0.15) is 6.54 Å². The molecule has 0 unspecified atom stereocenters. The molecule has 4 nitrogen and oxygen atoms in total. The van der Waals surface area contributed by atoms with Crippen LogP contribution < -0.4 is 5.32 Å². The molecule has 0 fully saturated rings. The monoisotopic (exact) mass is 309 g/mol. The lowest BCUT2D eigenvalue weighted by atomic mass is 10.2. The van der Waals surface area contributed by atoms with Crippen LogP contribution in [-0.4, -0.2) is 23.5 Å². The van der Waals surface area contributed by atoms with Crippen molar-refractivity contribution in [2.75, 3.05) is 6.54 Å². The number of hydrogen-bond acceptors (Lipinski definition) is 2. The second-order valence-electron chi connectivity index (χ2n) is 2.27. The van der Waals surface area contributed by atoms with Crippen molar-refractivity contribution >= 4 is 34.5 Å². The van der Waals surface area contributed by atoms with Crippen LogP contribution in [0.2, 0.25) is 0 Å². The van der Waals surface area contributed by atoms with Crippen LogP contribution in [0.3, 0.4) is 0 Å². The fourth-order valence-corrected chi connectivity index (χ4v) is 1.21. The minimum atomic E-state index is -1.24. The smallest absolute Gasteiger partial charge is 0.322 e. The van der Waals surface area contributed by atoms with Crippen LogP contribution in [0.4, 0.5) is 0 Å². The number of amides is 1. The summed E-state index contributed by atoms with van der Waals surface area (Å²) in [5.74, 6) is -2.08. The molecule has 0 spiro atoms. The maximum Gasteiger partial charge on any atom is 0.322 e. The molecule has 0 saturated heterocycles. The number of carboxylic acid groups (broad SMARTS) is 1.